The summed E-state index contributed by atoms with van der Waals surface area (Å²) in [5.41, 5.74) is 3.94. The van der Waals surface area contributed by atoms with E-state index in [-0.39, 0.29) is 16.9 Å². The van der Waals surface area contributed by atoms with Crippen LogP contribution >= 0.6 is 11.3 Å². The van der Waals surface area contributed by atoms with Crippen molar-refractivity contribution in [1.29, 1.82) is 0 Å². The molecule has 6 rings (SSSR count). The van der Waals surface area contributed by atoms with E-state index in [0.29, 0.717) is 43.2 Å². The fourth-order valence-electron chi connectivity index (χ4n) is 4.97. The summed E-state index contributed by atoms with van der Waals surface area (Å²) in [4.78, 5) is 32.1. The van der Waals surface area contributed by atoms with Crippen molar-refractivity contribution in [2.24, 2.45) is 4.99 Å². The number of allylic oxidation sites excluding steroid dienone is 1. The van der Waals surface area contributed by atoms with Crippen LogP contribution in [0.15, 0.2) is 106 Å². The maximum Gasteiger partial charge on any atom is 0.338 e. The summed E-state index contributed by atoms with van der Waals surface area (Å²) in [6.07, 6.45) is 3.59. The van der Waals surface area contributed by atoms with Gasteiger partial charge in [-0.3, -0.25) is 9.36 Å². The number of esters is 1. The van der Waals surface area contributed by atoms with Crippen LogP contribution in [0.5, 0.6) is 5.75 Å². The molecule has 0 fully saturated rings. The molecule has 1 aliphatic rings. The van der Waals surface area contributed by atoms with Crippen molar-refractivity contribution >= 4 is 23.4 Å². The molecule has 1 unspecified atom stereocenters. The SMILES string of the molecule is COC(=O)C1=C(C)N=c2s/c(=C\c3cn(-c4ccccc4)nc3-c3ccc(F)cc3)c(=O)n2C1c1ccc(OC)cc1. The van der Waals surface area contributed by atoms with Gasteiger partial charge in [0, 0.05) is 17.3 Å². The molecule has 3 heterocycles. The number of fused-ring (bicyclic) bond motifs is 1. The summed E-state index contributed by atoms with van der Waals surface area (Å²) >= 11 is 1.22. The third-order valence-electron chi connectivity index (χ3n) is 7.03. The lowest BCUT2D eigenvalue weighted by atomic mass is 9.96. The fraction of sp³-hybridized carbons (Fsp3) is 0.125. The highest BCUT2D eigenvalue weighted by molar-refractivity contribution is 7.07. The minimum atomic E-state index is -0.745. The summed E-state index contributed by atoms with van der Waals surface area (Å²) in [6, 6.07) is 22.1. The van der Waals surface area contributed by atoms with E-state index in [1.807, 2.05) is 48.7 Å². The highest BCUT2D eigenvalue weighted by atomic mass is 32.1. The van der Waals surface area contributed by atoms with Crippen molar-refractivity contribution in [1.82, 2.24) is 14.3 Å². The molecule has 210 valence electrons. The minimum Gasteiger partial charge on any atom is -0.497 e. The number of halogens is 1. The third-order valence-corrected chi connectivity index (χ3v) is 8.01. The zero-order valence-electron chi connectivity index (χ0n) is 22.9. The molecule has 1 atom stereocenters. The minimum absolute atomic E-state index is 0.283. The van der Waals surface area contributed by atoms with E-state index < -0.39 is 12.0 Å². The summed E-state index contributed by atoms with van der Waals surface area (Å²) in [6.45, 7) is 1.73. The predicted octanol–water partition coefficient (Wildman–Crippen LogP) is 4.41. The van der Waals surface area contributed by atoms with Crippen molar-refractivity contribution in [3.63, 3.8) is 0 Å². The number of rotatable bonds is 6. The Labute approximate surface area is 243 Å². The maximum atomic E-state index is 14.1. The fourth-order valence-corrected chi connectivity index (χ4v) is 6.01. The van der Waals surface area contributed by atoms with Gasteiger partial charge in [0.2, 0.25) is 0 Å². The Hall–Kier alpha value is -5.09. The van der Waals surface area contributed by atoms with E-state index in [2.05, 4.69) is 4.99 Å². The van der Waals surface area contributed by atoms with Gasteiger partial charge < -0.3 is 9.47 Å². The van der Waals surface area contributed by atoms with Gasteiger partial charge in [0.05, 0.1) is 41.8 Å². The third kappa shape index (κ3) is 4.86. The first-order chi connectivity index (χ1) is 20.4. The van der Waals surface area contributed by atoms with Gasteiger partial charge in [0.25, 0.3) is 5.56 Å². The number of carbonyl (C=O) groups excluding carboxylic acids is 1. The molecule has 8 nitrogen and oxygen atoms in total. The van der Waals surface area contributed by atoms with Crippen LogP contribution in [0.3, 0.4) is 0 Å². The highest BCUT2D eigenvalue weighted by Gasteiger charge is 2.33. The van der Waals surface area contributed by atoms with Gasteiger partial charge in [-0.05, 0) is 67.1 Å². The number of benzene rings is 3. The number of hydrogen-bond donors (Lipinski definition) is 0. The monoisotopic (exact) mass is 580 g/mol. The van der Waals surface area contributed by atoms with Crippen molar-refractivity contribution in [2.45, 2.75) is 13.0 Å². The molecule has 5 aromatic rings. The van der Waals surface area contributed by atoms with Gasteiger partial charge in [-0.1, -0.05) is 41.7 Å². The molecule has 1 aliphatic heterocycles. The topological polar surface area (TPSA) is 87.7 Å². The summed E-state index contributed by atoms with van der Waals surface area (Å²) < 4.78 is 27.8. The maximum absolute atomic E-state index is 14.1. The van der Waals surface area contributed by atoms with Crippen molar-refractivity contribution in [3.8, 4) is 22.7 Å². The molecule has 42 heavy (non-hydrogen) atoms. The van der Waals surface area contributed by atoms with Crippen LogP contribution in [0.25, 0.3) is 23.0 Å². The second-order valence-corrected chi connectivity index (χ2v) is 10.6. The van der Waals surface area contributed by atoms with Gasteiger partial charge in [-0.25, -0.2) is 18.9 Å². The Morgan fingerprint density at radius 2 is 1.71 bits per heavy atom. The van der Waals surface area contributed by atoms with Gasteiger partial charge in [-0.2, -0.15) is 5.10 Å². The van der Waals surface area contributed by atoms with Crippen LogP contribution in [0, 0.1) is 5.82 Å². The van der Waals surface area contributed by atoms with E-state index in [9.17, 15) is 14.0 Å². The molecule has 0 bridgehead atoms. The average molecular weight is 581 g/mol. The van der Waals surface area contributed by atoms with Crippen LogP contribution in [-0.4, -0.2) is 34.5 Å². The highest BCUT2D eigenvalue weighted by Crippen LogP contribution is 2.31. The van der Waals surface area contributed by atoms with Crippen LogP contribution in [-0.2, 0) is 9.53 Å². The quantitative estimate of drug-likeness (QED) is 0.278. The molecule has 0 radical (unpaired) electrons. The first-order valence-electron chi connectivity index (χ1n) is 13.0. The zero-order valence-corrected chi connectivity index (χ0v) is 23.8. The predicted molar refractivity (Wildman–Crippen MR) is 158 cm³/mol. The van der Waals surface area contributed by atoms with E-state index in [1.54, 1.807) is 49.1 Å². The van der Waals surface area contributed by atoms with Crippen LogP contribution in [0.1, 0.15) is 24.1 Å². The molecule has 0 saturated carbocycles. The number of carbonyl (C=O) groups is 1. The molecule has 0 aliphatic carbocycles. The first-order valence-corrected chi connectivity index (χ1v) is 13.9. The van der Waals surface area contributed by atoms with Gasteiger partial charge in [0.15, 0.2) is 4.80 Å². The number of hydrogen-bond acceptors (Lipinski definition) is 7. The smallest absolute Gasteiger partial charge is 0.338 e. The summed E-state index contributed by atoms with van der Waals surface area (Å²) in [7, 11) is 2.88. The molecule has 10 heteroatoms. The van der Waals surface area contributed by atoms with E-state index in [4.69, 9.17) is 14.6 Å². The lowest BCUT2D eigenvalue weighted by Gasteiger charge is -2.24. The summed E-state index contributed by atoms with van der Waals surface area (Å²) in [5, 5.41) is 4.78. The molecule has 2 aromatic heterocycles. The molecular weight excluding hydrogens is 555 g/mol. The van der Waals surface area contributed by atoms with Gasteiger partial charge >= 0.3 is 5.97 Å². The van der Waals surface area contributed by atoms with Gasteiger partial charge in [0.1, 0.15) is 17.3 Å². The molecular formula is C32H25FN4O4S. The standard InChI is InChI=1S/C32H25FN4O4S/c1-19-27(31(39)41-3)29(21-11-15-25(40-2)16-12-21)37-30(38)26(42-32(37)34-19)17-22-18-36(24-7-5-4-6-8-24)35-28(22)20-9-13-23(33)14-10-20/h4-18,29H,1-3H3/b26-17-. The lowest BCUT2D eigenvalue weighted by molar-refractivity contribution is -0.136. The summed E-state index contributed by atoms with van der Waals surface area (Å²) in [5.74, 6) is -0.268. The lowest BCUT2D eigenvalue weighted by Crippen LogP contribution is -2.39. The number of thiazole rings is 1. The number of aromatic nitrogens is 3. The Kier molecular flexibility index (Phi) is 7.13. The van der Waals surface area contributed by atoms with Crippen LogP contribution in [0.4, 0.5) is 4.39 Å². The molecule has 3 aromatic carbocycles. The van der Waals surface area contributed by atoms with Gasteiger partial charge in [-0.15, -0.1) is 0 Å². The van der Waals surface area contributed by atoms with Crippen LogP contribution in [0.2, 0.25) is 0 Å². The number of ether oxygens (including phenoxy) is 2. The van der Waals surface area contributed by atoms with Crippen molar-refractivity contribution < 1.29 is 18.7 Å². The Bertz CT molecular complexity index is 2010. The Balaban J connectivity index is 1.56. The molecule has 0 spiro atoms. The largest absolute Gasteiger partial charge is 0.497 e. The van der Waals surface area contributed by atoms with Crippen molar-refractivity contribution in [2.75, 3.05) is 14.2 Å². The van der Waals surface area contributed by atoms with Crippen molar-refractivity contribution in [3.05, 3.63) is 133 Å². The Morgan fingerprint density at radius 1 is 1.00 bits per heavy atom. The second kappa shape index (κ2) is 11.1. The Morgan fingerprint density at radius 3 is 2.38 bits per heavy atom. The normalized spacial score (nSPS) is 14.9. The number of methoxy groups -OCH3 is 2. The second-order valence-electron chi connectivity index (χ2n) is 9.57. The number of nitrogens with zero attached hydrogens (tertiary/aromatic N) is 4. The molecule has 0 N–H and O–H groups in total. The zero-order chi connectivity index (χ0) is 29.4. The molecule has 0 amide bonds. The van der Waals surface area contributed by atoms with E-state index in [1.165, 1.54) is 35.1 Å². The molecule has 0 saturated heterocycles. The van der Waals surface area contributed by atoms with E-state index in [0.717, 1.165) is 5.69 Å². The van der Waals surface area contributed by atoms with Crippen LogP contribution < -0.4 is 19.6 Å². The average Bonchev–Trinajstić information content (AvgIpc) is 3.57. The first kappa shape index (κ1) is 27.1. The van der Waals surface area contributed by atoms with E-state index >= 15 is 0 Å². The number of para-hydroxylation sites is 1.